The second kappa shape index (κ2) is 4.17. The quantitative estimate of drug-likeness (QED) is 0.672. The zero-order chi connectivity index (χ0) is 13.7. The first-order valence-electron chi connectivity index (χ1n) is 5.11. The fraction of sp³-hybridized carbons (Fsp3) is 0. The lowest BCUT2D eigenvalue weighted by atomic mass is 10.3. The minimum atomic E-state index is -1.17. The number of nitrogens with one attached hydrogen (secondary N) is 1. The predicted molar refractivity (Wildman–Crippen MR) is 75.7 cm³/mol. The molecule has 2 aromatic heterocycles. The molecule has 96 valence electrons. The largest absolute Gasteiger partial charge is 0.476 e. The van der Waals surface area contributed by atoms with Crippen molar-refractivity contribution in [1.82, 2.24) is 14.4 Å². The minimum absolute atomic E-state index is 0.0547. The summed E-state index contributed by atoms with van der Waals surface area (Å²) in [6.07, 6.45) is 1.33. The standard InChI is InChI=1S/C11H5Br2N3O3/c12-4-1-6-8(2-5(4)13)16-3-7(11(18)19)14-9(16)10(17)15-6/h1-3H,(H,15,17)(H,18,19). The van der Waals surface area contributed by atoms with Crippen molar-refractivity contribution < 1.29 is 9.90 Å². The molecule has 0 unspecified atom stereocenters. The van der Waals surface area contributed by atoms with Crippen LogP contribution in [0.1, 0.15) is 10.5 Å². The van der Waals surface area contributed by atoms with E-state index in [9.17, 15) is 9.59 Å². The van der Waals surface area contributed by atoms with Crippen molar-refractivity contribution >= 4 is 54.5 Å². The average Bonchev–Trinajstić information content (AvgIpc) is 2.78. The van der Waals surface area contributed by atoms with Crippen LogP contribution in [0.4, 0.5) is 0 Å². The highest BCUT2D eigenvalue weighted by molar-refractivity contribution is 9.13. The Balaban J connectivity index is 2.54. The van der Waals surface area contributed by atoms with Gasteiger partial charge < -0.3 is 10.1 Å². The first-order chi connectivity index (χ1) is 8.97. The number of imidazole rings is 1. The first kappa shape index (κ1) is 12.4. The van der Waals surface area contributed by atoms with Crippen molar-refractivity contribution in [3.05, 3.63) is 43.3 Å². The van der Waals surface area contributed by atoms with Gasteiger partial charge in [0, 0.05) is 15.1 Å². The summed E-state index contributed by atoms with van der Waals surface area (Å²) in [6, 6.07) is 3.51. The van der Waals surface area contributed by atoms with Crippen LogP contribution in [0.5, 0.6) is 0 Å². The number of carboxylic acid groups (broad SMARTS) is 1. The summed E-state index contributed by atoms with van der Waals surface area (Å²) in [5.74, 6) is -1.17. The first-order valence-corrected chi connectivity index (χ1v) is 6.69. The maximum Gasteiger partial charge on any atom is 0.356 e. The smallest absolute Gasteiger partial charge is 0.356 e. The molecule has 2 N–H and O–H groups in total. The van der Waals surface area contributed by atoms with Crippen molar-refractivity contribution in [2.45, 2.75) is 0 Å². The van der Waals surface area contributed by atoms with Gasteiger partial charge in [-0.1, -0.05) is 0 Å². The van der Waals surface area contributed by atoms with Crippen LogP contribution in [-0.4, -0.2) is 25.4 Å². The molecule has 19 heavy (non-hydrogen) atoms. The topological polar surface area (TPSA) is 87.5 Å². The van der Waals surface area contributed by atoms with Gasteiger partial charge in [-0.05, 0) is 44.0 Å². The van der Waals surface area contributed by atoms with E-state index in [1.54, 1.807) is 12.1 Å². The lowest BCUT2D eigenvalue weighted by Gasteiger charge is -2.03. The fourth-order valence-corrected chi connectivity index (χ4v) is 2.52. The van der Waals surface area contributed by atoms with Crippen LogP contribution in [0, 0.1) is 0 Å². The zero-order valence-electron chi connectivity index (χ0n) is 9.15. The summed E-state index contributed by atoms with van der Waals surface area (Å²) >= 11 is 6.71. The number of hydrogen-bond donors (Lipinski definition) is 2. The minimum Gasteiger partial charge on any atom is -0.476 e. The van der Waals surface area contributed by atoms with Crippen LogP contribution in [0.2, 0.25) is 0 Å². The predicted octanol–water partition coefficient (Wildman–Crippen LogP) is 2.40. The molecule has 0 bridgehead atoms. The maximum absolute atomic E-state index is 11.9. The third-order valence-corrected chi connectivity index (χ3v) is 4.52. The molecule has 0 amide bonds. The molecule has 0 aliphatic heterocycles. The summed E-state index contributed by atoms with van der Waals surface area (Å²) in [4.78, 5) is 29.3. The van der Waals surface area contributed by atoms with E-state index in [0.29, 0.717) is 11.0 Å². The van der Waals surface area contributed by atoms with E-state index in [-0.39, 0.29) is 11.3 Å². The summed E-state index contributed by atoms with van der Waals surface area (Å²) in [5.41, 5.74) is 0.692. The van der Waals surface area contributed by atoms with Gasteiger partial charge in [0.15, 0.2) is 5.69 Å². The van der Waals surface area contributed by atoms with Crippen LogP contribution < -0.4 is 5.56 Å². The van der Waals surface area contributed by atoms with E-state index < -0.39 is 11.5 Å². The number of fused-ring (bicyclic) bond motifs is 3. The van der Waals surface area contributed by atoms with Crippen LogP contribution in [-0.2, 0) is 0 Å². The summed E-state index contributed by atoms with van der Waals surface area (Å²) in [7, 11) is 0. The molecule has 6 nitrogen and oxygen atoms in total. The van der Waals surface area contributed by atoms with Gasteiger partial charge in [-0.15, -0.1) is 0 Å². The average molecular weight is 387 g/mol. The molecule has 0 saturated carbocycles. The third-order valence-electron chi connectivity index (χ3n) is 2.67. The maximum atomic E-state index is 11.9. The van der Waals surface area contributed by atoms with Crippen molar-refractivity contribution in [2.24, 2.45) is 0 Å². The lowest BCUT2D eigenvalue weighted by molar-refractivity contribution is 0.0691. The van der Waals surface area contributed by atoms with Crippen molar-refractivity contribution in [3.8, 4) is 0 Å². The molecule has 0 saturated heterocycles. The Morgan fingerprint density at radius 3 is 2.68 bits per heavy atom. The molecule has 1 aromatic carbocycles. The fourth-order valence-electron chi connectivity index (χ4n) is 1.84. The molecule has 3 rings (SSSR count). The zero-order valence-corrected chi connectivity index (χ0v) is 12.3. The number of aromatic carboxylic acids is 1. The van der Waals surface area contributed by atoms with Crippen molar-refractivity contribution in [1.29, 1.82) is 0 Å². The van der Waals surface area contributed by atoms with Gasteiger partial charge >= 0.3 is 5.97 Å². The van der Waals surface area contributed by atoms with Crippen molar-refractivity contribution in [2.75, 3.05) is 0 Å². The van der Waals surface area contributed by atoms with Gasteiger partial charge in [-0.25, -0.2) is 9.78 Å². The molecule has 8 heteroatoms. The van der Waals surface area contributed by atoms with E-state index in [1.807, 2.05) is 0 Å². The molecule has 0 fully saturated rings. The third kappa shape index (κ3) is 1.87. The van der Waals surface area contributed by atoms with Gasteiger partial charge in [0.05, 0.1) is 11.0 Å². The SMILES string of the molecule is O=C(O)c1cn2c(n1)c(=O)[nH]c1cc(Br)c(Br)cc12. The monoisotopic (exact) mass is 385 g/mol. The van der Waals surface area contributed by atoms with Gasteiger partial charge in [0.2, 0.25) is 5.65 Å². The number of benzene rings is 1. The molecule has 0 radical (unpaired) electrons. The number of halogens is 2. The Hall–Kier alpha value is -1.67. The van der Waals surface area contributed by atoms with E-state index in [4.69, 9.17) is 5.11 Å². The second-order valence-electron chi connectivity index (χ2n) is 3.86. The van der Waals surface area contributed by atoms with E-state index in [0.717, 1.165) is 8.95 Å². The number of aromatic amines is 1. The molecule has 2 heterocycles. The Labute approximate surface area is 122 Å². The van der Waals surface area contributed by atoms with Crippen LogP contribution >= 0.6 is 31.9 Å². The highest BCUT2D eigenvalue weighted by Crippen LogP contribution is 2.27. The van der Waals surface area contributed by atoms with Gasteiger partial charge in [-0.2, -0.15) is 0 Å². The molecular weight excluding hydrogens is 382 g/mol. The van der Waals surface area contributed by atoms with Crippen LogP contribution in [0.25, 0.3) is 16.7 Å². The van der Waals surface area contributed by atoms with Crippen LogP contribution in [0.3, 0.4) is 0 Å². The molecule has 0 aliphatic carbocycles. The van der Waals surface area contributed by atoms with E-state index in [2.05, 4.69) is 41.8 Å². The number of aromatic nitrogens is 3. The Morgan fingerprint density at radius 1 is 1.32 bits per heavy atom. The molecular formula is C11H5Br2N3O3. The van der Waals surface area contributed by atoms with Gasteiger partial charge in [0.1, 0.15) is 0 Å². The van der Waals surface area contributed by atoms with Gasteiger partial charge in [-0.3, -0.25) is 9.20 Å². The second-order valence-corrected chi connectivity index (χ2v) is 5.57. The highest BCUT2D eigenvalue weighted by atomic mass is 79.9. The molecule has 0 aliphatic rings. The van der Waals surface area contributed by atoms with E-state index in [1.165, 1.54) is 10.6 Å². The lowest BCUT2D eigenvalue weighted by Crippen LogP contribution is -2.10. The number of hydrogen-bond acceptors (Lipinski definition) is 3. The Bertz CT molecular complexity index is 897. The summed E-state index contributed by atoms with van der Waals surface area (Å²) in [5, 5.41) is 8.94. The van der Waals surface area contributed by atoms with E-state index >= 15 is 0 Å². The number of H-pyrrole nitrogens is 1. The number of nitrogens with zero attached hydrogens (tertiary/aromatic N) is 2. The Morgan fingerprint density at radius 2 is 2.00 bits per heavy atom. The number of carbonyl (C=O) groups is 1. The Kier molecular flexibility index (Phi) is 2.72. The normalized spacial score (nSPS) is 11.3. The highest BCUT2D eigenvalue weighted by Gasteiger charge is 2.14. The van der Waals surface area contributed by atoms with Gasteiger partial charge in [0.25, 0.3) is 5.56 Å². The molecule has 0 spiro atoms. The summed E-state index contributed by atoms with van der Waals surface area (Å²) < 4.78 is 3.04. The number of carboxylic acids is 1. The molecule has 3 aromatic rings. The number of rotatable bonds is 1. The van der Waals surface area contributed by atoms with Crippen LogP contribution in [0.15, 0.2) is 32.1 Å². The molecule has 0 atom stereocenters. The van der Waals surface area contributed by atoms with Crippen molar-refractivity contribution in [3.63, 3.8) is 0 Å². The summed E-state index contributed by atoms with van der Waals surface area (Å²) in [6.45, 7) is 0.